The number of carbonyl (C=O) groups is 1. The lowest BCUT2D eigenvalue weighted by molar-refractivity contribution is 0.155. The molecule has 0 bridgehead atoms. The average Bonchev–Trinajstić information content (AvgIpc) is 2.45. The van der Waals surface area contributed by atoms with E-state index in [-0.39, 0.29) is 12.0 Å². The minimum atomic E-state index is -0.451. The highest BCUT2D eigenvalue weighted by molar-refractivity contribution is 9.10. The molecule has 22 heavy (non-hydrogen) atoms. The van der Waals surface area contributed by atoms with E-state index in [2.05, 4.69) is 42.0 Å². The average molecular weight is 362 g/mol. The first-order chi connectivity index (χ1) is 10.4. The van der Waals surface area contributed by atoms with Crippen LogP contribution in [0.4, 0.5) is 10.5 Å². The smallest absolute Gasteiger partial charge is 0.411 e. The van der Waals surface area contributed by atoms with Crippen molar-refractivity contribution in [2.75, 3.05) is 5.32 Å². The predicted molar refractivity (Wildman–Crippen MR) is 93.1 cm³/mol. The Bertz CT molecular complexity index is 648. The molecule has 0 aliphatic rings. The lowest BCUT2D eigenvalue weighted by atomic mass is 9.86. The first-order valence-corrected chi connectivity index (χ1v) is 7.93. The molecular formula is C18H20BrNO2. The molecule has 2 aromatic rings. The van der Waals surface area contributed by atoms with Crippen molar-refractivity contribution in [2.24, 2.45) is 0 Å². The van der Waals surface area contributed by atoms with Crippen LogP contribution < -0.4 is 5.32 Å². The highest BCUT2D eigenvalue weighted by atomic mass is 79.9. The summed E-state index contributed by atoms with van der Waals surface area (Å²) in [6.07, 6.45) is -0.451. The van der Waals surface area contributed by atoms with Gasteiger partial charge < -0.3 is 4.74 Å². The highest BCUT2D eigenvalue weighted by Crippen LogP contribution is 2.31. The van der Waals surface area contributed by atoms with Crippen molar-refractivity contribution in [2.45, 2.75) is 32.8 Å². The molecule has 0 atom stereocenters. The topological polar surface area (TPSA) is 38.3 Å². The van der Waals surface area contributed by atoms with Crippen LogP contribution in [0.15, 0.2) is 53.0 Å². The van der Waals surface area contributed by atoms with Crippen molar-refractivity contribution in [1.29, 1.82) is 0 Å². The number of hydrogen-bond acceptors (Lipinski definition) is 2. The van der Waals surface area contributed by atoms with Crippen LogP contribution in [0.2, 0.25) is 0 Å². The van der Waals surface area contributed by atoms with Crippen LogP contribution in [0.3, 0.4) is 0 Å². The van der Waals surface area contributed by atoms with Gasteiger partial charge in [0.2, 0.25) is 0 Å². The predicted octanol–water partition coefficient (Wildman–Crippen LogP) is 5.50. The van der Waals surface area contributed by atoms with Crippen LogP contribution in [-0.2, 0) is 16.8 Å². The molecule has 0 aliphatic carbocycles. The second-order valence-corrected chi connectivity index (χ2v) is 7.04. The maximum atomic E-state index is 12.0. The van der Waals surface area contributed by atoms with Gasteiger partial charge in [-0.25, -0.2) is 4.79 Å². The second kappa shape index (κ2) is 6.97. The normalized spacial score (nSPS) is 11.1. The Morgan fingerprint density at radius 2 is 1.82 bits per heavy atom. The SMILES string of the molecule is CC(C)(C)c1ccc(Br)cc1NC(=O)OCc1ccccc1. The zero-order chi connectivity index (χ0) is 16.2. The van der Waals surface area contributed by atoms with Crippen LogP contribution >= 0.6 is 15.9 Å². The zero-order valence-corrected chi connectivity index (χ0v) is 14.6. The van der Waals surface area contributed by atoms with Crippen molar-refractivity contribution in [3.63, 3.8) is 0 Å². The summed E-state index contributed by atoms with van der Waals surface area (Å²) in [5.74, 6) is 0. The van der Waals surface area contributed by atoms with Crippen LogP contribution in [0.5, 0.6) is 0 Å². The quantitative estimate of drug-likeness (QED) is 0.784. The van der Waals surface area contributed by atoms with Gasteiger partial charge in [0.1, 0.15) is 6.61 Å². The van der Waals surface area contributed by atoms with E-state index in [1.165, 1.54) is 0 Å². The van der Waals surface area contributed by atoms with Crippen molar-refractivity contribution in [3.8, 4) is 0 Å². The van der Waals surface area contributed by atoms with Crippen LogP contribution in [-0.4, -0.2) is 6.09 Å². The van der Waals surface area contributed by atoms with Gasteiger partial charge in [-0.2, -0.15) is 0 Å². The fourth-order valence-electron chi connectivity index (χ4n) is 2.14. The van der Waals surface area contributed by atoms with Crippen molar-refractivity contribution in [1.82, 2.24) is 0 Å². The van der Waals surface area contributed by atoms with Crippen molar-refractivity contribution in [3.05, 3.63) is 64.1 Å². The molecule has 0 unspecified atom stereocenters. The largest absolute Gasteiger partial charge is 0.444 e. The van der Waals surface area contributed by atoms with Crippen LogP contribution in [0.1, 0.15) is 31.9 Å². The molecule has 0 aliphatic heterocycles. The van der Waals surface area contributed by atoms with Crippen LogP contribution in [0, 0.1) is 0 Å². The fourth-order valence-corrected chi connectivity index (χ4v) is 2.50. The summed E-state index contributed by atoms with van der Waals surface area (Å²) in [6.45, 7) is 6.58. The minimum Gasteiger partial charge on any atom is -0.444 e. The van der Waals surface area contributed by atoms with Gasteiger partial charge in [-0.05, 0) is 28.7 Å². The Morgan fingerprint density at radius 1 is 1.14 bits per heavy atom. The first kappa shape index (κ1) is 16.6. The molecule has 3 nitrogen and oxygen atoms in total. The number of anilines is 1. The Morgan fingerprint density at radius 3 is 2.45 bits per heavy atom. The van der Waals surface area contributed by atoms with Gasteiger partial charge in [-0.1, -0.05) is 73.1 Å². The molecule has 1 amide bonds. The number of nitrogens with one attached hydrogen (secondary N) is 1. The summed E-state index contributed by atoms with van der Waals surface area (Å²) in [6, 6.07) is 15.5. The Labute approximate surface area is 139 Å². The third kappa shape index (κ3) is 4.60. The molecule has 1 N–H and O–H groups in total. The zero-order valence-electron chi connectivity index (χ0n) is 13.0. The molecule has 2 rings (SSSR count). The van der Waals surface area contributed by atoms with Gasteiger partial charge in [0.25, 0.3) is 0 Å². The number of amides is 1. The molecule has 2 aromatic carbocycles. The summed E-state index contributed by atoms with van der Waals surface area (Å²) in [5, 5.41) is 2.84. The summed E-state index contributed by atoms with van der Waals surface area (Å²) >= 11 is 3.44. The van der Waals surface area contributed by atoms with E-state index in [0.717, 1.165) is 21.3 Å². The van der Waals surface area contributed by atoms with Gasteiger partial charge in [0.05, 0.1) is 0 Å². The van der Waals surface area contributed by atoms with E-state index in [4.69, 9.17) is 4.74 Å². The van der Waals surface area contributed by atoms with Gasteiger partial charge >= 0.3 is 6.09 Å². The van der Waals surface area contributed by atoms with E-state index in [1.54, 1.807) is 0 Å². The number of halogens is 1. The molecule has 0 saturated heterocycles. The Hall–Kier alpha value is -1.81. The van der Waals surface area contributed by atoms with E-state index in [1.807, 2.05) is 48.5 Å². The second-order valence-electron chi connectivity index (χ2n) is 6.13. The van der Waals surface area contributed by atoms with Crippen molar-refractivity contribution < 1.29 is 9.53 Å². The van der Waals surface area contributed by atoms with Crippen molar-refractivity contribution >= 4 is 27.7 Å². The molecule has 0 fully saturated rings. The summed E-state index contributed by atoms with van der Waals surface area (Å²) in [5.41, 5.74) is 2.72. The maximum Gasteiger partial charge on any atom is 0.411 e. The molecule has 0 saturated carbocycles. The van der Waals surface area contributed by atoms with E-state index < -0.39 is 6.09 Å². The highest BCUT2D eigenvalue weighted by Gasteiger charge is 2.19. The number of hydrogen-bond donors (Lipinski definition) is 1. The molecule has 4 heteroatoms. The minimum absolute atomic E-state index is 0.0667. The van der Waals surface area contributed by atoms with Gasteiger partial charge in [-0.15, -0.1) is 0 Å². The lowest BCUT2D eigenvalue weighted by Crippen LogP contribution is -2.19. The van der Waals surface area contributed by atoms with E-state index >= 15 is 0 Å². The lowest BCUT2D eigenvalue weighted by Gasteiger charge is -2.23. The third-order valence-electron chi connectivity index (χ3n) is 3.24. The fraction of sp³-hybridized carbons (Fsp3) is 0.278. The molecule has 116 valence electrons. The van der Waals surface area contributed by atoms with Gasteiger partial charge in [-0.3, -0.25) is 5.32 Å². The molecule has 0 spiro atoms. The van der Waals surface area contributed by atoms with Gasteiger partial charge in [0.15, 0.2) is 0 Å². The van der Waals surface area contributed by atoms with E-state index in [0.29, 0.717) is 0 Å². The Balaban J connectivity index is 2.06. The molecular weight excluding hydrogens is 342 g/mol. The summed E-state index contributed by atoms with van der Waals surface area (Å²) in [4.78, 5) is 12.0. The third-order valence-corrected chi connectivity index (χ3v) is 3.73. The number of ether oxygens (including phenoxy) is 1. The molecule has 0 aromatic heterocycles. The number of carbonyl (C=O) groups excluding carboxylic acids is 1. The van der Waals surface area contributed by atoms with E-state index in [9.17, 15) is 4.79 Å². The monoisotopic (exact) mass is 361 g/mol. The standard InChI is InChI=1S/C18H20BrNO2/c1-18(2,3)15-10-9-14(19)11-16(15)20-17(21)22-12-13-7-5-4-6-8-13/h4-11H,12H2,1-3H3,(H,20,21). The maximum absolute atomic E-state index is 12.0. The number of rotatable bonds is 3. The molecule has 0 heterocycles. The first-order valence-electron chi connectivity index (χ1n) is 7.14. The molecule has 0 radical (unpaired) electrons. The van der Waals surface area contributed by atoms with Gasteiger partial charge in [0, 0.05) is 10.2 Å². The Kier molecular flexibility index (Phi) is 5.24. The number of benzene rings is 2. The summed E-state index contributed by atoms with van der Waals surface area (Å²) in [7, 11) is 0. The van der Waals surface area contributed by atoms with Crippen LogP contribution in [0.25, 0.3) is 0 Å². The summed E-state index contributed by atoms with van der Waals surface area (Å²) < 4.78 is 6.19.